The monoisotopic (exact) mass is 418 g/mol. The number of carbonyl (C=O) groups excluding carboxylic acids is 1. The van der Waals surface area contributed by atoms with E-state index in [1.54, 1.807) is 19.1 Å². The van der Waals surface area contributed by atoms with Crippen LogP contribution in [0.4, 0.5) is 5.69 Å². The molecule has 0 radical (unpaired) electrons. The summed E-state index contributed by atoms with van der Waals surface area (Å²) in [5.41, 5.74) is 5.78. The molecule has 0 aliphatic carbocycles. The van der Waals surface area contributed by atoms with Crippen molar-refractivity contribution in [3.05, 3.63) is 101 Å². The quantitative estimate of drug-likeness (QED) is 0.406. The lowest BCUT2D eigenvalue weighted by atomic mass is 9.95. The molecule has 5 heteroatoms. The molecule has 0 fully saturated rings. The van der Waals surface area contributed by atoms with E-state index in [4.69, 9.17) is 17.0 Å². The van der Waals surface area contributed by atoms with Gasteiger partial charge in [0.15, 0.2) is 5.11 Å². The number of carbonyl (C=O) groups is 1. The minimum atomic E-state index is -0.323. The Kier molecular flexibility index (Phi) is 7.20. The highest BCUT2D eigenvalue weighted by Crippen LogP contribution is 2.25. The van der Waals surface area contributed by atoms with E-state index < -0.39 is 0 Å². The van der Waals surface area contributed by atoms with Crippen LogP contribution < -0.4 is 10.6 Å². The normalized spacial score (nSPS) is 11.4. The molecule has 1 atom stereocenters. The van der Waals surface area contributed by atoms with E-state index in [0.717, 1.165) is 16.8 Å². The molecule has 0 heterocycles. The number of nitrogens with one attached hydrogen (secondary N) is 2. The molecule has 0 aromatic heterocycles. The van der Waals surface area contributed by atoms with E-state index in [0.29, 0.717) is 17.3 Å². The largest absolute Gasteiger partial charge is 0.462 e. The summed E-state index contributed by atoms with van der Waals surface area (Å²) in [7, 11) is 0. The molecule has 3 aromatic carbocycles. The Balaban J connectivity index is 1.80. The molecular formula is C25H26N2O2S. The first-order valence-electron chi connectivity index (χ1n) is 9.95. The Bertz CT molecular complexity index is 1030. The number of hydrogen-bond donors (Lipinski definition) is 2. The van der Waals surface area contributed by atoms with Gasteiger partial charge in [-0.15, -0.1) is 0 Å². The zero-order chi connectivity index (χ0) is 21.5. The number of anilines is 1. The van der Waals surface area contributed by atoms with Crippen LogP contribution >= 0.6 is 12.2 Å². The number of benzene rings is 3. The average Bonchev–Trinajstić information content (AvgIpc) is 2.75. The number of hydrogen-bond acceptors (Lipinski definition) is 3. The van der Waals surface area contributed by atoms with Gasteiger partial charge in [-0.2, -0.15) is 0 Å². The first-order chi connectivity index (χ1) is 14.5. The molecule has 0 aliphatic rings. The van der Waals surface area contributed by atoms with E-state index in [1.165, 1.54) is 11.1 Å². The van der Waals surface area contributed by atoms with Crippen LogP contribution in [0.25, 0.3) is 0 Å². The van der Waals surface area contributed by atoms with Crippen LogP contribution in [0, 0.1) is 13.8 Å². The maximum atomic E-state index is 11.9. The van der Waals surface area contributed by atoms with E-state index in [-0.39, 0.29) is 12.0 Å². The predicted molar refractivity (Wildman–Crippen MR) is 126 cm³/mol. The molecular weight excluding hydrogens is 392 g/mol. The van der Waals surface area contributed by atoms with Gasteiger partial charge in [-0.05, 0) is 73.4 Å². The molecule has 0 saturated heterocycles. The summed E-state index contributed by atoms with van der Waals surface area (Å²) in [6, 6.07) is 23.8. The molecule has 0 saturated carbocycles. The first kappa shape index (κ1) is 21.5. The summed E-state index contributed by atoms with van der Waals surface area (Å²) in [5, 5.41) is 7.23. The smallest absolute Gasteiger partial charge is 0.338 e. The Morgan fingerprint density at radius 3 is 2.33 bits per heavy atom. The summed E-state index contributed by atoms with van der Waals surface area (Å²) >= 11 is 5.63. The summed E-state index contributed by atoms with van der Waals surface area (Å²) < 4.78 is 5.07. The Morgan fingerprint density at radius 2 is 1.67 bits per heavy atom. The second kappa shape index (κ2) is 10.0. The van der Waals surface area contributed by atoms with Crippen molar-refractivity contribution >= 4 is 29.0 Å². The van der Waals surface area contributed by atoms with Crippen LogP contribution in [-0.4, -0.2) is 17.7 Å². The van der Waals surface area contributed by atoms with Crippen LogP contribution in [0.1, 0.15) is 45.6 Å². The fourth-order valence-corrected chi connectivity index (χ4v) is 3.56. The second-order valence-corrected chi connectivity index (χ2v) is 7.46. The molecule has 30 heavy (non-hydrogen) atoms. The van der Waals surface area contributed by atoms with Crippen molar-refractivity contribution in [2.75, 3.05) is 11.9 Å². The standard InChI is InChI=1S/C25H26N2O2S/c1-4-29-24(28)20-14-15-22(18(3)16-20)26-25(30)27-23(19-11-6-5-7-12-19)21-13-9-8-10-17(21)2/h5-16,23H,4H2,1-3H3,(H2,26,27,30). The van der Waals surface area contributed by atoms with Crippen molar-refractivity contribution in [1.82, 2.24) is 5.32 Å². The van der Waals surface area contributed by atoms with Crippen molar-refractivity contribution in [3.63, 3.8) is 0 Å². The van der Waals surface area contributed by atoms with E-state index in [9.17, 15) is 4.79 Å². The van der Waals surface area contributed by atoms with Gasteiger partial charge in [-0.1, -0.05) is 54.6 Å². The van der Waals surface area contributed by atoms with Crippen molar-refractivity contribution in [2.24, 2.45) is 0 Å². The van der Waals surface area contributed by atoms with E-state index in [2.05, 4.69) is 41.8 Å². The van der Waals surface area contributed by atoms with Gasteiger partial charge in [0, 0.05) is 5.69 Å². The number of aryl methyl sites for hydroxylation is 2. The highest BCUT2D eigenvalue weighted by Gasteiger charge is 2.17. The lowest BCUT2D eigenvalue weighted by Gasteiger charge is -2.24. The lowest BCUT2D eigenvalue weighted by Crippen LogP contribution is -2.33. The molecule has 0 aliphatic heterocycles. The highest BCUT2D eigenvalue weighted by atomic mass is 32.1. The highest BCUT2D eigenvalue weighted by molar-refractivity contribution is 7.80. The fourth-order valence-electron chi connectivity index (χ4n) is 3.33. The van der Waals surface area contributed by atoms with Gasteiger partial charge in [-0.3, -0.25) is 0 Å². The Labute approximate surface area is 183 Å². The van der Waals surface area contributed by atoms with Crippen LogP contribution in [0.15, 0.2) is 72.8 Å². The lowest BCUT2D eigenvalue weighted by molar-refractivity contribution is 0.0526. The van der Waals surface area contributed by atoms with Crippen LogP contribution in [-0.2, 0) is 4.74 Å². The van der Waals surface area contributed by atoms with Gasteiger partial charge in [0.05, 0.1) is 18.2 Å². The van der Waals surface area contributed by atoms with Gasteiger partial charge in [0.25, 0.3) is 0 Å². The van der Waals surface area contributed by atoms with Crippen LogP contribution in [0.5, 0.6) is 0 Å². The molecule has 0 bridgehead atoms. The Hall–Kier alpha value is -3.18. The zero-order valence-electron chi connectivity index (χ0n) is 17.4. The summed E-state index contributed by atoms with van der Waals surface area (Å²) in [5.74, 6) is -0.323. The third-order valence-corrected chi connectivity index (χ3v) is 5.11. The van der Waals surface area contributed by atoms with Crippen molar-refractivity contribution in [1.29, 1.82) is 0 Å². The molecule has 3 rings (SSSR count). The molecule has 0 amide bonds. The van der Waals surface area contributed by atoms with Gasteiger partial charge in [0.2, 0.25) is 0 Å². The third-order valence-electron chi connectivity index (χ3n) is 4.89. The Morgan fingerprint density at radius 1 is 0.967 bits per heavy atom. The van der Waals surface area contributed by atoms with Gasteiger partial charge < -0.3 is 15.4 Å². The van der Waals surface area contributed by atoms with Crippen LogP contribution in [0.2, 0.25) is 0 Å². The van der Waals surface area contributed by atoms with E-state index in [1.807, 2.05) is 43.3 Å². The first-order valence-corrected chi connectivity index (χ1v) is 10.4. The topological polar surface area (TPSA) is 50.4 Å². The van der Waals surface area contributed by atoms with Crippen molar-refractivity contribution in [3.8, 4) is 0 Å². The minimum absolute atomic E-state index is 0.0773. The summed E-state index contributed by atoms with van der Waals surface area (Å²) in [6.45, 7) is 6.18. The molecule has 4 nitrogen and oxygen atoms in total. The molecule has 2 N–H and O–H groups in total. The number of esters is 1. The molecule has 154 valence electrons. The molecule has 0 spiro atoms. The number of ether oxygens (including phenoxy) is 1. The van der Waals surface area contributed by atoms with Crippen molar-refractivity contribution < 1.29 is 9.53 Å². The van der Waals surface area contributed by atoms with Crippen molar-refractivity contribution in [2.45, 2.75) is 26.8 Å². The third kappa shape index (κ3) is 5.24. The van der Waals surface area contributed by atoms with Gasteiger partial charge in [0.1, 0.15) is 0 Å². The summed E-state index contributed by atoms with van der Waals surface area (Å²) in [4.78, 5) is 11.9. The summed E-state index contributed by atoms with van der Waals surface area (Å²) in [6.07, 6.45) is 0. The minimum Gasteiger partial charge on any atom is -0.462 e. The number of thiocarbonyl (C=S) groups is 1. The average molecular weight is 419 g/mol. The number of rotatable bonds is 6. The zero-order valence-corrected chi connectivity index (χ0v) is 18.3. The van der Waals surface area contributed by atoms with Gasteiger partial charge >= 0.3 is 5.97 Å². The van der Waals surface area contributed by atoms with Crippen LogP contribution in [0.3, 0.4) is 0 Å². The molecule has 3 aromatic rings. The maximum absolute atomic E-state index is 11.9. The fraction of sp³-hybridized carbons (Fsp3) is 0.200. The van der Waals surface area contributed by atoms with Gasteiger partial charge in [-0.25, -0.2) is 4.79 Å². The maximum Gasteiger partial charge on any atom is 0.338 e. The predicted octanol–water partition coefficient (Wildman–Crippen LogP) is 5.56. The SMILES string of the molecule is CCOC(=O)c1ccc(NC(=S)NC(c2ccccc2)c2ccccc2C)c(C)c1. The molecule has 1 unspecified atom stereocenters. The second-order valence-electron chi connectivity index (χ2n) is 7.05. The van der Waals surface area contributed by atoms with E-state index >= 15 is 0 Å².